The molecule has 0 saturated heterocycles. The van der Waals surface area contributed by atoms with Gasteiger partial charge in [-0.25, -0.2) is 0 Å². The Morgan fingerprint density at radius 2 is 1.90 bits per heavy atom. The fourth-order valence-electron chi connectivity index (χ4n) is 2.08. The lowest BCUT2D eigenvalue weighted by Crippen LogP contribution is -2.00. The van der Waals surface area contributed by atoms with Crippen molar-refractivity contribution in [3.05, 3.63) is 68.3 Å². The fourth-order valence-corrected chi connectivity index (χ4v) is 2.78. The molecule has 1 heterocycles. The third-order valence-electron chi connectivity index (χ3n) is 3.07. The molecule has 3 aromatic rings. The van der Waals surface area contributed by atoms with Crippen molar-refractivity contribution in [2.24, 2.45) is 0 Å². The Bertz CT molecular complexity index is 741. The number of halogens is 2. The van der Waals surface area contributed by atoms with Gasteiger partial charge in [-0.1, -0.05) is 24.3 Å². The summed E-state index contributed by atoms with van der Waals surface area (Å²) >= 11 is 5.77. The molecule has 0 aliphatic rings. The van der Waals surface area contributed by atoms with Crippen LogP contribution in [0.1, 0.15) is 5.56 Å². The first-order valence-corrected chi connectivity index (χ1v) is 8.12. The lowest BCUT2D eigenvalue weighted by atomic mass is 10.1. The zero-order valence-corrected chi connectivity index (χ0v) is 14.3. The molecular formula is C16H12BrIN2. The summed E-state index contributed by atoms with van der Waals surface area (Å²) in [6, 6.07) is 16.8. The van der Waals surface area contributed by atoms with Crippen LogP contribution < -0.4 is 5.32 Å². The second kappa shape index (κ2) is 6.10. The molecule has 2 nitrogen and oxygen atoms in total. The quantitative estimate of drug-likeness (QED) is 0.567. The molecule has 0 fully saturated rings. The van der Waals surface area contributed by atoms with Gasteiger partial charge in [-0.05, 0) is 68.3 Å². The number of benzene rings is 2. The fraction of sp³-hybridized carbons (Fsp3) is 0.0625. The lowest BCUT2D eigenvalue weighted by molar-refractivity contribution is 1.15. The highest BCUT2D eigenvalue weighted by atomic mass is 127. The first kappa shape index (κ1) is 13.8. The topological polar surface area (TPSA) is 24.9 Å². The molecule has 1 aromatic heterocycles. The van der Waals surface area contributed by atoms with Crippen LogP contribution in [0.4, 0.5) is 5.69 Å². The lowest BCUT2D eigenvalue weighted by Gasteiger charge is -2.09. The zero-order chi connectivity index (χ0) is 13.9. The van der Waals surface area contributed by atoms with Crippen molar-refractivity contribution in [2.75, 3.05) is 5.32 Å². The van der Waals surface area contributed by atoms with Crippen LogP contribution in [-0.2, 0) is 6.54 Å². The molecule has 0 aliphatic carbocycles. The Kier molecular flexibility index (Phi) is 4.21. The number of nitrogens with zero attached hydrogens (tertiary/aromatic N) is 1. The van der Waals surface area contributed by atoms with Crippen LogP contribution in [0.3, 0.4) is 0 Å². The summed E-state index contributed by atoms with van der Waals surface area (Å²) in [5, 5.41) is 4.59. The largest absolute Gasteiger partial charge is 0.379 e. The van der Waals surface area contributed by atoms with E-state index in [0.717, 1.165) is 27.6 Å². The van der Waals surface area contributed by atoms with Crippen molar-refractivity contribution in [3.8, 4) is 0 Å². The van der Waals surface area contributed by atoms with E-state index >= 15 is 0 Å². The number of hydrogen-bond acceptors (Lipinski definition) is 2. The number of fused-ring (bicyclic) bond motifs is 1. The Labute approximate surface area is 139 Å². The molecule has 0 amide bonds. The van der Waals surface area contributed by atoms with Gasteiger partial charge in [-0.3, -0.25) is 4.98 Å². The Balaban J connectivity index is 1.85. The summed E-state index contributed by atoms with van der Waals surface area (Å²) in [6.45, 7) is 0.799. The molecule has 0 unspecified atom stereocenters. The van der Waals surface area contributed by atoms with E-state index < -0.39 is 0 Å². The Morgan fingerprint density at radius 1 is 1.10 bits per heavy atom. The highest BCUT2D eigenvalue weighted by molar-refractivity contribution is 14.1. The van der Waals surface area contributed by atoms with Gasteiger partial charge in [0.2, 0.25) is 0 Å². The molecule has 20 heavy (non-hydrogen) atoms. The average molecular weight is 439 g/mol. The van der Waals surface area contributed by atoms with Gasteiger partial charge in [0.15, 0.2) is 0 Å². The SMILES string of the molecule is Brc1cnc2c(NCc3ccc(I)cc3)cccc2c1. The summed E-state index contributed by atoms with van der Waals surface area (Å²) < 4.78 is 2.25. The summed E-state index contributed by atoms with van der Waals surface area (Å²) in [4.78, 5) is 4.50. The van der Waals surface area contributed by atoms with Crippen molar-refractivity contribution < 1.29 is 0 Å². The highest BCUT2D eigenvalue weighted by Crippen LogP contribution is 2.24. The molecule has 0 atom stereocenters. The van der Waals surface area contributed by atoms with Crippen LogP contribution in [0.2, 0.25) is 0 Å². The van der Waals surface area contributed by atoms with E-state index in [-0.39, 0.29) is 0 Å². The van der Waals surface area contributed by atoms with Gasteiger partial charge in [0, 0.05) is 26.2 Å². The standard InChI is InChI=1S/C16H12BrIN2/c17-13-8-12-2-1-3-15(16(12)20-10-13)19-9-11-4-6-14(18)7-5-11/h1-8,10,19H,9H2. The normalized spacial score (nSPS) is 10.7. The molecule has 0 bridgehead atoms. The minimum atomic E-state index is 0.799. The maximum Gasteiger partial charge on any atom is 0.0934 e. The highest BCUT2D eigenvalue weighted by Gasteiger charge is 2.02. The van der Waals surface area contributed by atoms with Crippen molar-refractivity contribution in [2.45, 2.75) is 6.54 Å². The molecule has 1 N–H and O–H groups in total. The summed E-state index contributed by atoms with van der Waals surface area (Å²) in [5.74, 6) is 0. The van der Waals surface area contributed by atoms with Gasteiger partial charge < -0.3 is 5.32 Å². The smallest absolute Gasteiger partial charge is 0.0934 e. The van der Waals surface area contributed by atoms with Crippen molar-refractivity contribution in [3.63, 3.8) is 0 Å². The number of nitrogens with one attached hydrogen (secondary N) is 1. The summed E-state index contributed by atoms with van der Waals surface area (Å²) in [5.41, 5.74) is 3.33. The van der Waals surface area contributed by atoms with E-state index in [1.807, 2.05) is 12.3 Å². The number of hydrogen-bond donors (Lipinski definition) is 1. The third kappa shape index (κ3) is 3.12. The van der Waals surface area contributed by atoms with Gasteiger partial charge in [0.1, 0.15) is 0 Å². The van der Waals surface area contributed by atoms with E-state index in [4.69, 9.17) is 0 Å². The summed E-state index contributed by atoms with van der Waals surface area (Å²) in [7, 11) is 0. The molecule has 0 aliphatic heterocycles. The zero-order valence-electron chi connectivity index (χ0n) is 10.6. The van der Waals surface area contributed by atoms with Crippen LogP contribution in [0.5, 0.6) is 0 Å². The molecule has 0 saturated carbocycles. The first-order valence-electron chi connectivity index (χ1n) is 6.25. The van der Waals surface area contributed by atoms with Gasteiger partial charge in [-0.2, -0.15) is 0 Å². The predicted octanol–water partition coefficient (Wildman–Crippen LogP) is 5.21. The second-order valence-corrected chi connectivity index (χ2v) is 6.67. The van der Waals surface area contributed by atoms with Crippen LogP contribution in [-0.4, -0.2) is 4.98 Å². The molecule has 3 rings (SSSR count). The third-order valence-corrected chi connectivity index (χ3v) is 4.23. The van der Waals surface area contributed by atoms with E-state index in [2.05, 4.69) is 91.3 Å². The van der Waals surface area contributed by atoms with E-state index in [1.54, 1.807) is 0 Å². The van der Waals surface area contributed by atoms with Gasteiger partial charge in [0.25, 0.3) is 0 Å². The molecule has 4 heteroatoms. The number of rotatable bonds is 3. The first-order chi connectivity index (χ1) is 9.72. The number of aromatic nitrogens is 1. The van der Waals surface area contributed by atoms with E-state index in [0.29, 0.717) is 0 Å². The van der Waals surface area contributed by atoms with Crippen LogP contribution in [0.25, 0.3) is 10.9 Å². The van der Waals surface area contributed by atoms with E-state index in [9.17, 15) is 0 Å². The maximum absolute atomic E-state index is 4.50. The monoisotopic (exact) mass is 438 g/mol. The molecule has 0 spiro atoms. The van der Waals surface area contributed by atoms with Crippen molar-refractivity contribution >= 4 is 55.1 Å². The summed E-state index contributed by atoms with van der Waals surface area (Å²) in [6.07, 6.45) is 1.83. The van der Waals surface area contributed by atoms with Gasteiger partial charge in [0.05, 0.1) is 11.2 Å². The van der Waals surface area contributed by atoms with Crippen molar-refractivity contribution in [1.82, 2.24) is 4.98 Å². The van der Waals surface area contributed by atoms with Crippen molar-refractivity contribution in [1.29, 1.82) is 0 Å². The van der Waals surface area contributed by atoms with Crippen LogP contribution in [0, 0.1) is 3.57 Å². The molecule has 2 aromatic carbocycles. The minimum Gasteiger partial charge on any atom is -0.379 e. The molecular weight excluding hydrogens is 427 g/mol. The number of anilines is 1. The minimum absolute atomic E-state index is 0.799. The van der Waals surface area contributed by atoms with Gasteiger partial charge in [-0.15, -0.1) is 0 Å². The Hall–Kier alpha value is -1.14. The number of para-hydroxylation sites is 1. The Morgan fingerprint density at radius 3 is 2.70 bits per heavy atom. The van der Waals surface area contributed by atoms with Gasteiger partial charge >= 0.3 is 0 Å². The number of pyridine rings is 1. The van der Waals surface area contributed by atoms with Crippen LogP contribution >= 0.6 is 38.5 Å². The maximum atomic E-state index is 4.50. The predicted molar refractivity (Wildman–Crippen MR) is 95.9 cm³/mol. The average Bonchev–Trinajstić information content (AvgIpc) is 2.46. The molecule has 0 radical (unpaired) electrons. The van der Waals surface area contributed by atoms with Crippen LogP contribution in [0.15, 0.2) is 59.2 Å². The molecule has 100 valence electrons. The second-order valence-electron chi connectivity index (χ2n) is 4.51. The van der Waals surface area contributed by atoms with E-state index in [1.165, 1.54) is 9.13 Å².